The van der Waals surface area contributed by atoms with E-state index in [0.29, 0.717) is 17.7 Å². The molecular formula is C14H19N3O3. The highest BCUT2D eigenvalue weighted by Crippen LogP contribution is 2.05. The maximum atomic E-state index is 12.0. The van der Waals surface area contributed by atoms with Crippen LogP contribution in [0.25, 0.3) is 6.08 Å². The van der Waals surface area contributed by atoms with Crippen LogP contribution in [-0.4, -0.2) is 53.5 Å². The van der Waals surface area contributed by atoms with Crippen molar-refractivity contribution in [1.82, 2.24) is 15.2 Å². The van der Waals surface area contributed by atoms with E-state index in [2.05, 4.69) is 10.3 Å². The van der Waals surface area contributed by atoms with Gasteiger partial charge in [0.2, 0.25) is 0 Å². The van der Waals surface area contributed by atoms with Crippen LogP contribution >= 0.6 is 0 Å². The maximum absolute atomic E-state index is 12.0. The first-order chi connectivity index (χ1) is 9.40. The molecular weight excluding hydrogens is 258 g/mol. The molecule has 0 saturated carbocycles. The van der Waals surface area contributed by atoms with Crippen LogP contribution in [0, 0.1) is 0 Å². The fourth-order valence-corrected chi connectivity index (χ4v) is 1.37. The van der Waals surface area contributed by atoms with Crippen molar-refractivity contribution >= 4 is 18.0 Å². The third kappa shape index (κ3) is 5.19. The number of likely N-dealkylation sites (N-methyl/N-ethyl adjacent to an activating group) is 1. The molecule has 0 spiro atoms. The van der Waals surface area contributed by atoms with Gasteiger partial charge in [0.05, 0.1) is 5.56 Å². The zero-order valence-electron chi connectivity index (χ0n) is 11.8. The van der Waals surface area contributed by atoms with Crippen LogP contribution in [0.3, 0.4) is 0 Å². The highest BCUT2D eigenvalue weighted by atomic mass is 16.4. The molecule has 6 heteroatoms. The average Bonchev–Trinajstić information content (AvgIpc) is 2.42. The molecule has 0 aliphatic carbocycles. The van der Waals surface area contributed by atoms with Crippen molar-refractivity contribution in [2.45, 2.75) is 13.0 Å². The minimum atomic E-state index is -1.04. The van der Waals surface area contributed by atoms with Gasteiger partial charge < -0.3 is 15.3 Å². The highest BCUT2D eigenvalue weighted by Gasteiger charge is 2.09. The number of rotatable bonds is 6. The molecule has 0 saturated heterocycles. The lowest BCUT2D eigenvalue weighted by Gasteiger charge is -2.19. The predicted molar refractivity (Wildman–Crippen MR) is 76.4 cm³/mol. The highest BCUT2D eigenvalue weighted by molar-refractivity contribution is 5.94. The first-order valence-corrected chi connectivity index (χ1v) is 6.21. The largest absolute Gasteiger partial charge is 0.478 e. The van der Waals surface area contributed by atoms with Crippen molar-refractivity contribution in [3.8, 4) is 0 Å². The lowest BCUT2D eigenvalue weighted by molar-refractivity contribution is -0.131. The van der Waals surface area contributed by atoms with Crippen LogP contribution in [0.1, 0.15) is 22.8 Å². The number of nitrogens with one attached hydrogen (secondary N) is 1. The first-order valence-electron chi connectivity index (χ1n) is 6.21. The first kappa shape index (κ1) is 15.8. The Kier molecular flexibility index (Phi) is 5.86. The molecule has 0 fully saturated rings. The van der Waals surface area contributed by atoms with Crippen molar-refractivity contribution in [2.24, 2.45) is 0 Å². The number of aromatic nitrogens is 1. The van der Waals surface area contributed by atoms with Gasteiger partial charge in [-0.3, -0.25) is 9.78 Å². The summed E-state index contributed by atoms with van der Waals surface area (Å²) in [5, 5.41) is 11.4. The van der Waals surface area contributed by atoms with E-state index in [1.54, 1.807) is 6.07 Å². The maximum Gasteiger partial charge on any atom is 0.328 e. The zero-order valence-corrected chi connectivity index (χ0v) is 11.8. The van der Waals surface area contributed by atoms with E-state index in [9.17, 15) is 9.59 Å². The van der Waals surface area contributed by atoms with Crippen molar-refractivity contribution in [3.05, 3.63) is 35.7 Å². The molecule has 0 radical (unpaired) electrons. The second kappa shape index (κ2) is 7.40. The van der Waals surface area contributed by atoms with Gasteiger partial charge in [0.1, 0.15) is 0 Å². The Labute approximate surface area is 118 Å². The van der Waals surface area contributed by atoms with E-state index in [-0.39, 0.29) is 11.9 Å². The number of hydrogen-bond donors (Lipinski definition) is 2. The van der Waals surface area contributed by atoms with Gasteiger partial charge in [-0.15, -0.1) is 0 Å². The topological polar surface area (TPSA) is 82.5 Å². The molecule has 108 valence electrons. The number of amides is 1. The van der Waals surface area contributed by atoms with Gasteiger partial charge in [0, 0.05) is 31.1 Å². The molecule has 1 heterocycles. The second-order valence-corrected chi connectivity index (χ2v) is 4.70. The molecule has 6 nitrogen and oxygen atoms in total. The monoisotopic (exact) mass is 277 g/mol. The Hall–Kier alpha value is -2.21. The van der Waals surface area contributed by atoms with Crippen LogP contribution in [-0.2, 0) is 4.79 Å². The predicted octanol–water partition coefficient (Wildman–Crippen LogP) is 0.859. The van der Waals surface area contributed by atoms with E-state index in [0.717, 1.165) is 6.08 Å². The van der Waals surface area contributed by atoms with Crippen LogP contribution in [0.2, 0.25) is 0 Å². The number of carbonyl (C=O) groups is 2. The summed E-state index contributed by atoms with van der Waals surface area (Å²) in [6, 6.07) is 1.82. The van der Waals surface area contributed by atoms with Crippen molar-refractivity contribution in [3.63, 3.8) is 0 Å². The fourth-order valence-electron chi connectivity index (χ4n) is 1.37. The molecule has 1 aromatic heterocycles. The second-order valence-electron chi connectivity index (χ2n) is 4.70. The summed E-state index contributed by atoms with van der Waals surface area (Å²) in [6.07, 6.45) is 5.35. The quantitative estimate of drug-likeness (QED) is 0.754. The number of carbonyl (C=O) groups excluding carboxylic acids is 1. The van der Waals surface area contributed by atoms with Crippen LogP contribution in [0.15, 0.2) is 24.5 Å². The van der Waals surface area contributed by atoms with Gasteiger partial charge in [0.25, 0.3) is 5.91 Å². The molecule has 1 atom stereocenters. The molecule has 1 aromatic rings. The molecule has 2 N–H and O–H groups in total. The molecule has 0 aromatic carbocycles. The van der Waals surface area contributed by atoms with Gasteiger partial charge in [-0.05, 0) is 38.7 Å². The Morgan fingerprint density at radius 2 is 2.15 bits per heavy atom. The summed E-state index contributed by atoms with van der Waals surface area (Å²) in [6.45, 7) is 2.53. The summed E-state index contributed by atoms with van der Waals surface area (Å²) in [5.74, 6) is -1.27. The molecule has 1 rings (SSSR count). The van der Waals surface area contributed by atoms with Crippen molar-refractivity contribution < 1.29 is 14.7 Å². The summed E-state index contributed by atoms with van der Waals surface area (Å²) >= 11 is 0. The summed E-state index contributed by atoms with van der Waals surface area (Å²) in [7, 11) is 3.88. The fraction of sp³-hybridized carbons (Fsp3) is 0.357. The molecule has 1 amide bonds. The number of nitrogens with zero attached hydrogens (tertiary/aromatic N) is 2. The van der Waals surface area contributed by atoms with Gasteiger partial charge in [-0.25, -0.2) is 4.79 Å². The number of carboxylic acid groups (broad SMARTS) is 1. The Morgan fingerprint density at radius 3 is 2.75 bits per heavy atom. The Morgan fingerprint density at radius 1 is 1.45 bits per heavy atom. The third-order valence-electron chi connectivity index (χ3n) is 2.88. The lowest BCUT2D eigenvalue weighted by Crippen LogP contribution is -2.38. The van der Waals surface area contributed by atoms with Gasteiger partial charge in [-0.2, -0.15) is 0 Å². The van der Waals surface area contributed by atoms with E-state index in [1.807, 2.05) is 25.9 Å². The average molecular weight is 277 g/mol. The Bertz CT molecular complexity index is 512. The van der Waals surface area contributed by atoms with E-state index in [1.165, 1.54) is 18.5 Å². The van der Waals surface area contributed by atoms with E-state index >= 15 is 0 Å². The van der Waals surface area contributed by atoms with Crippen LogP contribution in [0.4, 0.5) is 0 Å². The minimum absolute atomic E-state index is 0.224. The minimum Gasteiger partial charge on any atom is -0.478 e. The van der Waals surface area contributed by atoms with E-state index < -0.39 is 5.97 Å². The lowest BCUT2D eigenvalue weighted by atomic mass is 10.2. The van der Waals surface area contributed by atoms with Crippen molar-refractivity contribution in [2.75, 3.05) is 20.6 Å². The normalized spacial score (nSPS) is 12.6. The van der Waals surface area contributed by atoms with Crippen molar-refractivity contribution in [1.29, 1.82) is 0 Å². The molecule has 0 bridgehead atoms. The molecule has 0 aliphatic rings. The van der Waals surface area contributed by atoms with Gasteiger partial charge in [0.15, 0.2) is 0 Å². The molecule has 1 unspecified atom stereocenters. The van der Waals surface area contributed by atoms with Gasteiger partial charge >= 0.3 is 5.97 Å². The number of aliphatic carboxylic acids is 1. The third-order valence-corrected chi connectivity index (χ3v) is 2.88. The Balaban J connectivity index is 2.69. The zero-order chi connectivity index (χ0) is 15.1. The number of carboxylic acids is 1. The van der Waals surface area contributed by atoms with E-state index in [4.69, 9.17) is 5.11 Å². The summed E-state index contributed by atoms with van der Waals surface area (Å²) in [5.41, 5.74) is 0.976. The molecule has 0 aliphatic heterocycles. The number of hydrogen-bond acceptors (Lipinski definition) is 4. The standard InChI is InChI=1S/C14H19N3O3/c1-10(17(2)3)7-16-14(20)12-6-11(8-15-9-12)4-5-13(18)19/h4-6,8-10H,7H2,1-3H3,(H,16,20)(H,18,19). The van der Waals surface area contributed by atoms with Crippen LogP contribution < -0.4 is 5.32 Å². The smallest absolute Gasteiger partial charge is 0.328 e. The summed E-state index contributed by atoms with van der Waals surface area (Å²) < 4.78 is 0. The SMILES string of the molecule is CC(CNC(=O)c1cncc(C=CC(=O)O)c1)N(C)C. The summed E-state index contributed by atoms with van der Waals surface area (Å²) in [4.78, 5) is 28.3. The number of pyridine rings is 1. The van der Waals surface area contributed by atoms with Crippen LogP contribution in [0.5, 0.6) is 0 Å². The van der Waals surface area contributed by atoms with Gasteiger partial charge in [-0.1, -0.05) is 0 Å². The molecule has 20 heavy (non-hydrogen) atoms.